The highest BCUT2D eigenvalue weighted by Gasteiger charge is 2.34. The lowest BCUT2D eigenvalue weighted by Crippen LogP contribution is -2.25. The van der Waals surface area contributed by atoms with E-state index < -0.39 is 0 Å². The van der Waals surface area contributed by atoms with E-state index in [1.54, 1.807) is 4.68 Å². The smallest absolute Gasteiger partial charge is 0.252 e. The van der Waals surface area contributed by atoms with Gasteiger partial charge in [-0.1, -0.05) is 18.2 Å². The molecule has 1 unspecified atom stereocenters. The van der Waals surface area contributed by atoms with Gasteiger partial charge in [-0.3, -0.25) is 4.79 Å². The van der Waals surface area contributed by atoms with Crippen LogP contribution in [0.4, 0.5) is 5.82 Å². The van der Waals surface area contributed by atoms with Crippen molar-refractivity contribution in [3.63, 3.8) is 0 Å². The minimum Gasteiger partial charge on any atom is -0.494 e. The summed E-state index contributed by atoms with van der Waals surface area (Å²) >= 11 is 0. The molecule has 0 saturated carbocycles. The summed E-state index contributed by atoms with van der Waals surface area (Å²) in [5, 5.41) is 7.65. The molecule has 7 nitrogen and oxygen atoms in total. The van der Waals surface area contributed by atoms with Gasteiger partial charge in [-0.15, -0.1) is 0 Å². The fraction of sp³-hybridized carbons (Fsp3) is 0.333. The minimum absolute atomic E-state index is 0.0608. The average Bonchev–Trinajstić information content (AvgIpc) is 2.97. The van der Waals surface area contributed by atoms with E-state index in [1.807, 2.05) is 58.0 Å². The Morgan fingerprint density at radius 3 is 2.61 bits per heavy atom. The summed E-state index contributed by atoms with van der Waals surface area (Å²) in [6, 6.07) is 9.78. The molecule has 0 bridgehead atoms. The third-order valence-electron chi connectivity index (χ3n) is 4.86. The zero-order chi connectivity index (χ0) is 19.8. The number of ether oxygens (including phenoxy) is 1. The van der Waals surface area contributed by atoms with E-state index in [2.05, 4.69) is 20.4 Å². The van der Waals surface area contributed by atoms with Crippen LogP contribution < -0.4 is 10.1 Å². The predicted octanol–water partition coefficient (Wildman–Crippen LogP) is 3.46. The number of amides is 1. The lowest BCUT2D eigenvalue weighted by Gasteiger charge is -2.25. The van der Waals surface area contributed by atoms with Gasteiger partial charge in [-0.2, -0.15) is 9.78 Å². The fourth-order valence-electron chi connectivity index (χ4n) is 3.81. The second-order valence-electron chi connectivity index (χ2n) is 6.99. The number of hydrogen-bond donors (Lipinski definition) is 1. The summed E-state index contributed by atoms with van der Waals surface area (Å²) in [4.78, 5) is 21.6. The number of carbonyl (C=O) groups is 1. The lowest BCUT2D eigenvalue weighted by molar-refractivity contribution is -0.116. The molecule has 1 aliphatic rings. The normalized spacial score (nSPS) is 15.9. The Hall–Kier alpha value is -3.22. The van der Waals surface area contributed by atoms with E-state index in [9.17, 15) is 4.79 Å². The highest BCUT2D eigenvalue weighted by atomic mass is 16.5. The zero-order valence-corrected chi connectivity index (χ0v) is 16.5. The molecule has 1 aliphatic heterocycles. The Morgan fingerprint density at radius 1 is 1.18 bits per heavy atom. The van der Waals surface area contributed by atoms with Crippen LogP contribution in [0.25, 0.3) is 5.95 Å². The number of aromatic nitrogens is 4. The van der Waals surface area contributed by atoms with E-state index in [4.69, 9.17) is 4.74 Å². The Morgan fingerprint density at radius 2 is 1.89 bits per heavy atom. The second kappa shape index (κ2) is 7.07. The molecular formula is C21H23N5O2. The number of carbonyl (C=O) groups excluding carboxylic acids is 1. The first-order valence-electron chi connectivity index (χ1n) is 9.41. The fourth-order valence-corrected chi connectivity index (χ4v) is 3.81. The summed E-state index contributed by atoms with van der Waals surface area (Å²) in [7, 11) is 0. The number of hydrogen-bond acceptors (Lipinski definition) is 5. The Bertz CT molecular complexity index is 1040. The summed E-state index contributed by atoms with van der Waals surface area (Å²) in [6.07, 6.45) is 0.345. The molecule has 0 radical (unpaired) electrons. The topological polar surface area (TPSA) is 81.9 Å². The van der Waals surface area contributed by atoms with Gasteiger partial charge in [-0.05, 0) is 39.8 Å². The van der Waals surface area contributed by atoms with Crippen LogP contribution in [0.15, 0.2) is 30.3 Å². The van der Waals surface area contributed by atoms with E-state index in [-0.39, 0.29) is 11.8 Å². The summed E-state index contributed by atoms with van der Waals surface area (Å²) in [5.41, 5.74) is 4.52. The molecule has 0 saturated heterocycles. The number of fused-ring (bicyclic) bond motifs is 1. The molecule has 144 valence electrons. The van der Waals surface area contributed by atoms with Crippen molar-refractivity contribution >= 4 is 11.7 Å². The van der Waals surface area contributed by atoms with E-state index in [0.717, 1.165) is 34.0 Å². The number of aryl methyl sites for hydroxylation is 3. The Balaban J connectivity index is 1.89. The van der Waals surface area contributed by atoms with Crippen LogP contribution in [0.2, 0.25) is 0 Å². The molecule has 0 fully saturated rings. The van der Waals surface area contributed by atoms with Gasteiger partial charge < -0.3 is 10.1 Å². The largest absolute Gasteiger partial charge is 0.494 e. The third-order valence-corrected chi connectivity index (χ3v) is 4.86. The van der Waals surface area contributed by atoms with Crippen molar-refractivity contribution in [2.75, 3.05) is 11.9 Å². The first-order chi connectivity index (χ1) is 13.5. The van der Waals surface area contributed by atoms with Gasteiger partial charge in [0.15, 0.2) is 0 Å². The molecule has 28 heavy (non-hydrogen) atoms. The maximum Gasteiger partial charge on any atom is 0.252 e. The van der Waals surface area contributed by atoms with E-state index in [1.165, 1.54) is 0 Å². The average molecular weight is 377 g/mol. The van der Waals surface area contributed by atoms with Crippen molar-refractivity contribution in [3.8, 4) is 11.7 Å². The van der Waals surface area contributed by atoms with Gasteiger partial charge in [0.25, 0.3) is 5.95 Å². The number of para-hydroxylation sites is 1. The second-order valence-corrected chi connectivity index (χ2v) is 6.99. The Labute approximate surface area is 163 Å². The highest BCUT2D eigenvalue weighted by molar-refractivity contribution is 5.95. The SMILES string of the molecule is CCOc1ccccc1C1CC(=O)Nc2c1c(C)nn2-c1nc(C)cc(C)n1. The van der Waals surface area contributed by atoms with Gasteiger partial charge in [0.1, 0.15) is 11.6 Å². The number of anilines is 1. The molecule has 3 aromatic rings. The molecule has 4 rings (SSSR count). The molecule has 1 atom stereocenters. The minimum atomic E-state index is -0.133. The first kappa shape index (κ1) is 18.2. The van der Waals surface area contributed by atoms with Gasteiger partial charge in [0.2, 0.25) is 5.91 Å². The van der Waals surface area contributed by atoms with Crippen LogP contribution in [-0.2, 0) is 4.79 Å². The molecule has 0 spiro atoms. The number of rotatable bonds is 4. The van der Waals surface area contributed by atoms with Gasteiger partial charge in [-0.25, -0.2) is 9.97 Å². The van der Waals surface area contributed by atoms with Crippen LogP contribution in [0.5, 0.6) is 5.75 Å². The number of nitrogens with zero attached hydrogens (tertiary/aromatic N) is 4. The van der Waals surface area contributed by atoms with Gasteiger partial charge in [0, 0.05) is 34.9 Å². The zero-order valence-electron chi connectivity index (χ0n) is 16.5. The lowest BCUT2D eigenvalue weighted by atomic mass is 9.85. The molecule has 3 heterocycles. The van der Waals surface area contributed by atoms with Crippen molar-refractivity contribution in [2.45, 2.75) is 40.0 Å². The van der Waals surface area contributed by atoms with Crippen LogP contribution in [0, 0.1) is 20.8 Å². The van der Waals surface area contributed by atoms with E-state index >= 15 is 0 Å². The molecule has 2 aromatic heterocycles. The maximum atomic E-state index is 12.6. The molecular weight excluding hydrogens is 354 g/mol. The third kappa shape index (κ3) is 3.13. The summed E-state index contributed by atoms with van der Waals surface area (Å²) in [5.74, 6) is 1.70. The summed E-state index contributed by atoms with van der Waals surface area (Å²) in [6.45, 7) is 8.31. The quantitative estimate of drug-likeness (QED) is 0.753. The van der Waals surface area contributed by atoms with Crippen molar-refractivity contribution in [2.24, 2.45) is 0 Å². The molecule has 1 N–H and O–H groups in total. The van der Waals surface area contributed by atoms with Crippen LogP contribution in [0.1, 0.15) is 47.5 Å². The molecule has 1 aromatic carbocycles. The van der Waals surface area contributed by atoms with Crippen LogP contribution in [-0.4, -0.2) is 32.3 Å². The van der Waals surface area contributed by atoms with Crippen molar-refractivity contribution in [3.05, 3.63) is 58.5 Å². The maximum absolute atomic E-state index is 12.6. The van der Waals surface area contributed by atoms with Crippen LogP contribution >= 0.6 is 0 Å². The highest BCUT2D eigenvalue weighted by Crippen LogP contribution is 2.42. The molecule has 0 aliphatic carbocycles. The van der Waals surface area contributed by atoms with Gasteiger partial charge >= 0.3 is 0 Å². The van der Waals surface area contributed by atoms with Crippen LogP contribution in [0.3, 0.4) is 0 Å². The van der Waals surface area contributed by atoms with Crippen molar-refractivity contribution in [1.82, 2.24) is 19.7 Å². The predicted molar refractivity (Wildman–Crippen MR) is 106 cm³/mol. The van der Waals surface area contributed by atoms with Gasteiger partial charge in [0.05, 0.1) is 12.3 Å². The standard InChI is InChI=1S/C21H23N5O2/c1-5-28-17-9-7-6-8-15(17)16-11-18(27)24-20-19(16)14(4)25-26(20)21-22-12(2)10-13(3)23-21/h6-10,16H,5,11H2,1-4H3,(H,24,27). The monoisotopic (exact) mass is 377 g/mol. The molecule has 7 heteroatoms. The summed E-state index contributed by atoms with van der Waals surface area (Å²) < 4.78 is 7.46. The van der Waals surface area contributed by atoms with Crippen molar-refractivity contribution < 1.29 is 9.53 Å². The van der Waals surface area contributed by atoms with E-state index in [0.29, 0.717) is 24.8 Å². The van der Waals surface area contributed by atoms with Crippen molar-refractivity contribution in [1.29, 1.82) is 0 Å². The first-order valence-corrected chi connectivity index (χ1v) is 9.41. The number of nitrogens with one attached hydrogen (secondary N) is 1. The number of benzene rings is 1. The Kier molecular flexibility index (Phi) is 4.58. The molecule has 1 amide bonds.